The molecular weight excluding hydrogens is 170 g/mol. The minimum absolute atomic E-state index is 0.192. The fourth-order valence-corrected chi connectivity index (χ4v) is 2.00. The van der Waals surface area contributed by atoms with E-state index in [0.717, 1.165) is 19.0 Å². The predicted octanol–water partition coefficient (Wildman–Crippen LogP) is 1.56. The van der Waals surface area contributed by atoms with E-state index < -0.39 is 0 Å². The van der Waals surface area contributed by atoms with Crippen LogP contribution in [0.25, 0.3) is 0 Å². The molecule has 3 heteroatoms. The van der Waals surface area contributed by atoms with Crippen LogP contribution in [-0.2, 0) is 4.79 Å². The third-order valence-corrected chi connectivity index (χ3v) is 2.74. The van der Waals surface area contributed by atoms with Gasteiger partial charge in [-0.1, -0.05) is 13.3 Å². The van der Waals surface area contributed by atoms with Crippen molar-refractivity contribution in [3.05, 3.63) is 0 Å². The molecule has 0 aromatic carbocycles. The summed E-state index contributed by atoms with van der Waals surface area (Å²) in [4.78, 5) is 13.2. The minimum Gasteiger partial charge on any atom is -0.342 e. The molecule has 0 saturated carbocycles. The Morgan fingerprint density at radius 2 is 2.42 bits per heavy atom. The minimum atomic E-state index is 0.192. The zero-order chi connectivity index (χ0) is 8.97. The van der Waals surface area contributed by atoms with Gasteiger partial charge in [0, 0.05) is 13.1 Å². The van der Waals surface area contributed by atoms with Crippen molar-refractivity contribution in [2.75, 3.05) is 18.8 Å². The smallest absolute Gasteiger partial charge is 0.232 e. The summed E-state index contributed by atoms with van der Waals surface area (Å²) in [5.74, 6) is 1.30. The SMILES string of the molecule is CCCC1CCN(C(=O)CS)C1. The molecular formula is C9H17NOS. The fraction of sp³-hybridized carbons (Fsp3) is 0.889. The van der Waals surface area contributed by atoms with E-state index in [1.165, 1.54) is 19.3 Å². The number of carbonyl (C=O) groups is 1. The van der Waals surface area contributed by atoms with Gasteiger partial charge in [0.15, 0.2) is 0 Å². The number of amides is 1. The molecule has 1 rings (SSSR count). The summed E-state index contributed by atoms with van der Waals surface area (Å²) in [6, 6.07) is 0. The lowest BCUT2D eigenvalue weighted by Gasteiger charge is -2.14. The molecule has 70 valence electrons. The second-order valence-electron chi connectivity index (χ2n) is 3.44. The van der Waals surface area contributed by atoms with Crippen LogP contribution in [0.2, 0.25) is 0 Å². The Kier molecular flexibility index (Phi) is 3.92. The Hall–Kier alpha value is -0.180. The molecule has 12 heavy (non-hydrogen) atoms. The van der Waals surface area contributed by atoms with Crippen molar-refractivity contribution in [2.45, 2.75) is 26.2 Å². The first kappa shape index (κ1) is 9.90. The molecule has 1 amide bonds. The van der Waals surface area contributed by atoms with E-state index in [1.807, 2.05) is 4.90 Å². The van der Waals surface area contributed by atoms with Crippen molar-refractivity contribution >= 4 is 18.5 Å². The topological polar surface area (TPSA) is 20.3 Å². The first-order valence-electron chi connectivity index (χ1n) is 4.66. The summed E-state index contributed by atoms with van der Waals surface area (Å²) in [7, 11) is 0. The van der Waals surface area contributed by atoms with Crippen LogP contribution in [0.15, 0.2) is 0 Å². The Morgan fingerprint density at radius 1 is 1.67 bits per heavy atom. The van der Waals surface area contributed by atoms with E-state index in [4.69, 9.17) is 0 Å². The summed E-state index contributed by atoms with van der Waals surface area (Å²) in [6.45, 7) is 4.11. The maximum Gasteiger partial charge on any atom is 0.232 e. The van der Waals surface area contributed by atoms with Crippen LogP contribution >= 0.6 is 12.6 Å². The van der Waals surface area contributed by atoms with Crippen LogP contribution in [0.4, 0.5) is 0 Å². The van der Waals surface area contributed by atoms with Crippen molar-refractivity contribution in [1.29, 1.82) is 0 Å². The molecule has 1 aliphatic rings. The summed E-state index contributed by atoms with van der Waals surface area (Å²) < 4.78 is 0. The van der Waals surface area contributed by atoms with Gasteiger partial charge in [-0.05, 0) is 18.8 Å². The van der Waals surface area contributed by atoms with E-state index in [9.17, 15) is 4.79 Å². The zero-order valence-corrected chi connectivity index (χ0v) is 8.52. The van der Waals surface area contributed by atoms with Crippen LogP contribution < -0.4 is 0 Å². The zero-order valence-electron chi connectivity index (χ0n) is 7.62. The van der Waals surface area contributed by atoms with Gasteiger partial charge in [0.2, 0.25) is 5.91 Å². The quantitative estimate of drug-likeness (QED) is 0.665. The second-order valence-corrected chi connectivity index (χ2v) is 3.76. The van der Waals surface area contributed by atoms with Crippen LogP contribution in [0.3, 0.4) is 0 Å². The van der Waals surface area contributed by atoms with Crippen molar-refractivity contribution in [1.82, 2.24) is 4.90 Å². The highest BCUT2D eigenvalue weighted by atomic mass is 32.1. The summed E-state index contributed by atoms with van der Waals surface area (Å²) in [6.07, 6.45) is 3.68. The van der Waals surface area contributed by atoms with E-state index in [0.29, 0.717) is 5.75 Å². The van der Waals surface area contributed by atoms with Gasteiger partial charge in [0.05, 0.1) is 5.75 Å². The molecule has 0 aliphatic carbocycles. The van der Waals surface area contributed by atoms with Crippen molar-refractivity contribution in [3.8, 4) is 0 Å². The van der Waals surface area contributed by atoms with E-state index in [1.54, 1.807) is 0 Å². The largest absolute Gasteiger partial charge is 0.342 e. The Balaban J connectivity index is 2.30. The average Bonchev–Trinajstić information content (AvgIpc) is 2.52. The van der Waals surface area contributed by atoms with Gasteiger partial charge in [0.25, 0.3) is 0 Å². The Morgan fingerprint density at radius 3 is 3.00 bits per heavy atom. The van der Waals surface area contributed by atoms with Crippen LogP contribution in [-0.4, -0.2) is 29.6 Å². The van der Waals surface area contributed by atoms with Crippen molar-refractivity contribution in [3.63, 3.8) is 0 Å². The van der Waals surface area contributed by atoms with Crippen molar-refractivity contribution in [2.24, 2.45) is 5.92 Å². The number of likely N-dealkylation sites (tertiary alicyclic amines) is 1. The molecule has 1 heterocycles. The normalized spacial score (nSPS) is 23.2. The second kappa shape index (κ2) is 4.75. The maximum atomic E-state index is 11.2. The average molecular weight is 187 g/mol. The van der Waals surface area contributed by atoms with Gasteiger partial charge in [-0.3, -0.25) is 4.79 Å². The highest BCUT2D eigenvalue weighted by molar-refractivity contribution is 7.81. The first-order valence-corrected chi connectivity index (χ1v) is 5.29. The molecule has 0 bridgehead atoms. The monoisotopic (exact) mass is 187 g/mol. The van der Waals surface area contributed by atoms with Crippen LogP contribution in [0.1, 0.15) is 26.2 Å². The third kappa shape index (κ3) is 2.41. The Bertz CT molecular complexity index is 161. The highest BCUT2D eigenvalue weighted by Crippen LogP contribution is 2.20. The molecule has 0 radical (unpaired) electrons. The number of hydrogen-bond donors (Lipinski definition) is 1. The van der Waals surface area contributed by atoms with Gasteiger partial charge in [-0.25, -0.2) is 0 Å². The number of thiol groups is 1. The van der Waals surface area contributed by atoms with Gasteiger partial charge in [-0.15, -0.1) is 0 Å². The van der Waals surface area contributed by atoms with Gasteiger partial charge < -0.3 is 4.90 Å². The lowest BCUT2D eigenvalue weighted by atomic mass is 10.0. The highest BCUT2D eigenvalue weighted by Gasteiger charge is 2.24. The molecule has 0 aromatic heterocycles. The van der Waals surface area contributed by atoms with E-state index in [2.05, 4.69) is 19.6 Å². The number of carbonyl (C=O) groups excluding carboxylic acids is 1. The molecule has 0 N–H and O–H groups in total. The van der Waals surface area contributed by atoms with Crippen molar-refractivity contribution < 1.29 is 4.79 Å². The molecule has 0 aromatic rings. The fourth-order valence-electron chi connectivity index (χ4n) is 1.80. The van der Waals surface area contributed by atoms with Gasteiger partial charge in [-0.2, -0.15) is 12.6 Å². The molecule has 1 atom stereocenters. The number of nitrogens with zero attached hydrogens (tertiary/aromatic N) is 1. The summed E-state index contributed by atoms with van der Waals surface area (Å²) in [5.41, 5.74) is 0. The van der Waals surface area contributed by atoms with Crippen LogP contribution in [0, 0.1) is 5.92 Å². The van der Waals surface area contributed by atoms with E-state index in [-0.39, 0.29) is 5.91 Å². The molecule has 1 saturated heterocycles. The summed E-state index contributed by atoms with van der Waals surface area (Å²) >= 11 is 3.98. The number of rotatable bonds is 3. The number of hydrogen-bond acceptors (Lipinski definition) is 2. The Labute approximate surface area is 79.7 Å². The predicted molar refractivity (Wildman–Crippen MR) is 53.4 cm³/mol. The van der Waals surface area contributed by atoms with Crippen LogP contribution in [0.5, 0.6) is 0 Å². The molecule has 2 nitrogen and oxygen atoms in total. The summed E-state index contributed by atoms with van der Waals surface area (Å²) in [5, 5.41) is 0. The molecule has 0 spiro atoms. The molecule has 1 aliphatic heterocycles. The van der Waals surface area contributed by atoms with E-state index >= 15 is 0 Å². The maximum absolute atomic E-state index is 11.2. The molecule has 1 unspecified atom stereocenters. The van der Waals surface area contributed by atoms with Gasteiger partial charge >= 0.3 is 0 Å². The first-order chi connectivity index (χ1) is 5.77. The lowest BCUT2D eigenvalue weighted by Crippen LogP contribution is -2.29. The molecule has 1 fully saturated rings. The van der Waals surface area contributed by atoms with Gasteiger partial charge in [0.1, 0.15) is 0 Å². The standard InChI is InChI=1S/C9H17NOS/c1-2-3-8-4-5-10(6-8)9(11)7-12/h8,12H,2-7H2,1H3. The third-order valence-electron chi connectivity index (χ3n) is 2.47. The lowest BCUT2D eigenvalue weighted by molar-refractivity contribution is -0.127.